The van der Waals surface area contributed by atoms with E-state index in [1.807, 2.05) is 6.92 Å². The average molecular weight is 214 g/mol. The summed E-state index contributed by atoms with van der Waals surface area (Å²) in [5.74, 6) is 0. The third kappa shape index (κ3) is 5.50. The summed E-state index contributed by atoms with van der Waals surface area (Å²) in [6.45, 7) is 8.37. The molecule has 3 heteroatoms. The highest BCUT2D eigenvalue weighted by Crippen LogP contribution is 2.15. The first-order valence-electron chi connectivity index (χ1n) is 6.33. The minimum atomic E-state index is -0.223. The number of piperidine rings is 1. The molecule has 0 radical (unpaired) electrons. The second-order valence-electron chi connectivity index (χ2n) is 4.79. The topological polar surface area (TPSA) is 35.5 Å². The maximum absolute atomic E-state index is 9.07. The minimum absolute atomic E-state index is 0.223. The smallest absolute Gasteiger partial charge is 0.0636 e. The van der Waals surface area contributed by atoms with Crippen molar-refractivity contribution in [3.05, 3.63) is 0 Å². The van der Waals surface area contributed by atoms with Crippen molar-refractivity contribution in [3.8, 4) is 0 Å². The van der Waals surface area contributed by atoms with Gasteiger partial charge >= 0.3 is 0 Å². The SMILES string of the molecule is CC1CCCCN1CCCNC[C@@H](C)O. The standard InChI is InChI=1S/C12H26N2O/c1-11-6-3-4-8-14(11)9-5-7-13-10-12(2)15/h11-13,15H,3-10H2,1-2H3/t11?,12-/m1/s1. The Morgan fingerprint density at radius 3 is 2.93 bits per heavy atom. The Hall–Kier alpha value is -0.120. The highest BCUT2D eigenvalue weighted by molar-refractivity contribution is 4.72. The van der Waals surface area contributed by atoms with Crippen LogP contribution in [0.5, 0.6) is 0 Å². The van der Waals surface area contributed by atoms with Crippen LogP contribution in [0.2, 0.25) is 0 Å². The first-order valence-corrected chi connectivity index (χ1v) is 6.33. The van der Waals surface area contributed by atoms with Gasteiger partial charge in [-0.2, -0.15) is 0 Å². The molecular formula is C12H26N2O. The van der Waals surface area contributed by atoms with E-state index in [-0.39, 0.29) is 6.10 Å². The maximum Gasteiger partial charge on any atom is 0.0636 e. The summed E-state index contributed by atoms with van der Waals surface area (Å²) >= 11 is 0. The predicted octanol–water partition coefficient (Wildman–Crippen LogP) is 1.22. The van der Waals surface area contributed by atoms with E-state index in [1.165, 1.54) is 38.8 Å². The van der Waals surface area contributed by atoms with Gasteiger partial charge in [-0.15, -0.1) is 0 Å². The van der Waals surface area contributed by atoms with Crippen molar-refractivity contribution in [2.24, 2.45) is 0 Å². The largest absolute Gasteiger partial charge is 0.392 e. The van der Waals surface area contributed by atoms with Crippen LogP contribution in [0.4, 0.5) is 0 Å². The second-order valence-corrected chi connectivity index (χ2v) is 4.79. The minimum Gasteiger partial charge on any atom is -0.392 e. The summed E-state index contributed by atoms with van der Waals surface area (Å²) in [5.41, 5.74) is 0. The third-order valence-electron chi connectivity index (χ3n) is 3.18. The molecule has 15 heavy (non-hydrogen) atoms. The summed E-state index contributed by atoms with van der Waals surface area (Å²) in [7, 11) is 0. The molecule has 0 amide bonds. The van der Waals surface area contributed by atoms with Crippen LogP contribution in [0.3, 0.4) is 0 Å². The molecule has 1 rings (SSSR count). The Morgan fingerprint density at radius 1 is 1.47 bits per heavy atom. The lowest BCUT2D eigenvalue weighted by Gasteiger charge is -2.33. The molecule has 0 aromatic rings. The number of nitrogens with zero attached hydrogens (tertiary/aromatic N) is 1. The van der Waals surface area contributed by atoms with E-state index in [0.717, 1.165) is 19.1 Å². The number of hydrogen-bond donors (Lipinski definition) is 2. The first kappa shape index (κ1) is 12.9. The molecule has 3 nitrogen and oxygen atoms in total. The lowest BCUT2D eigenvalue weighted by Crippen LogP contribution is -2.39. The normalized spacial score (nSPS) is 25.4. The van der Waals surface area contributed by atoms with E-state index in [2.05, 4.69) is 17.1 Å². The van der Waals surface area contributed by atoms with Crippen LogP contribution in [-0.4, -0.2) is 48.3 Å². The summed E-state index contributed by atoms with van der Waals surface area (Å²) in [6.07, 6.45) is 5.10. The van der Waals surface area contributed by atoms with Crippen LogP contribution in [0.25, 0.3) is 0 Å². The van der Waals surface area contributed by atoms with Crippen molar-refractivity contribution in [2.45, 2.75) is 51.7 Å². The van der Waals surface area contributed by atoms with Crippen molar-refractivity contribution in [1.29, 1.82) is 0 Å². The number of aliphatic hydroxyl groups excluding tert-OH is 1. The number of nitrogens with one attached hydrogen (secondary N) is 1. The zero-order valence-electron chi connectivity index (χ0n) is 10.2. The van der Waals surface area contributed by atoms with Crippen LogP contribution in [0, 0.1) is 0 Å². The molecule has 1 heterocycles. The van der Waals surface area contributed by atoms with E-state index in [1.54, 1.807) is 0 Å². The summed E-state index contributed by atoms with van der Waals surface area (Å²) in [5, 5.41) is 12.3. The highest BCUT2D eigenvalue weighted by Gasteiger charge is 2.16. The monoisotopic (exact) mass is 214 g/mol. The van der Waals surface area contributed by atoms with Crippen molar-refractivity contribution in [1.82, 2.24) is 10.2 Å². The van der Waals surface area contributed by atoms with Gasteiger partial charge in [0.1, 0.15) is 0 Å². The molecule has 1 aliphatic heterocycles. The molecule has 1 saturated heterocycles. The number of rotatable bonds is 6. The molecule has 90 valence electrons. The van der Waals surface area contributed by atoms with E-state index in [4.69, 9.17) is 5.11 Å². The molecule has 1 aliphatic rings. The van der Waals surface area contributed by atoms with Gasteiger partial charge in [-0.25, -0.2) is 0 Å². The van der Waals surface area contributed by atoms with Crippen molar-refractivity contribution in [2.75, 3.05) is 26.2 Å². The first-order chi connectivity index (χ1) is 7.20. The van der Waals surface area contributed by atoms with Gasteiger partial charge in [0.15, 0.2) is 0 Å². The van der Waals surface area contributed by atoms with E-state index in [0.29, 0.717) is 0 Å². The summed E-state index contributed by atoms with van der Waals surface area (Å²) < 4.78 is 0. The van der Waals surface area contributed by atoms with Crippen LogP contribution in [0.1, 0.15) is 39.5 Å². The van der Waals surface area contributed by atoms with Crippen molar-refractivity contribution < 1.29 is 5.11 Å². The molecule has 1 unspecified atom stereocenters. The Labute approximate surface area is 93.9 Å². The molecule has 0 spiro atoms. The van der Waals surface area contributed by atoms with Crippen LogP contribution in [0.15, 0.2) is 0 Å². The van der Waals surface area contributed by atoms with E-state index < -0.39 is 0 Å². The van der Waals surface area contributed by atoms with Crippen molar-refractivity contribution >= 4 is 0 Å². The molecule has 0 aromatic carbocycles. The van der Waals surface area contributed by atoms with Gasteiger partial charge in [-0.05, 0) is 52.7 Å². The fraction of sp³-hybridized carbons (Fsp3) is 1.00. The Bertz CT molecular complexity index is 162. The quantitative estimate of drug-likeness (QED) is 0.653. The Morgan fingerprint density at radius 2 is 2.27 bits per heavy atom. The van der Waals surface area contributed by atoms with Gasteiger partial charge < -0.3 is 15.3 Å². The fourth-order valence-corrected chi connectivity index (χ4v) is 2.21. The molecule has 2 atom stereocenters. The molecule has 0 saturated carbocycles. The third-order valence-corrected chi connectivity index (χ3v) is 3.18. The van der Waals surface area contributed by atoms with Gasteiger partial charge in [0, 0.05) is 12.6 Å². The molecule has 2 N–H and O–H groups in total. The Kier molecular flexibility index (Phi) is 6.22. The number of likely N-dealkylation sites (tertiary alicyclic amines) is 1. The van der Waals surface area contributed by atoms with Crippen LogP contribution in [-0.2, 0) is 0 Å². The van der Waals surface area contributed by atoms with Gasteiger partial charge in [-0.1, -0.05) is 6.42 Å². The van der Waals surface area contributed by atoms with E-state index >= 15 is 0 Å². The molecular weight excluding hydrogens is 188 g/mol. The Balaban J connectivity index is 1.99. The molecule has 0 aromatic heterocycles. The maximum atomic E-state index is 9.07. The zero-order valence-corrected chi connectivity index (χ0v) is 10.2. The number of aliphatic hydroxyl groups is 1. The van der Waals surface area contributed by atoms with Gasteiger partial charge in [0.2, 0.25) is 0 Å². The molecule has 0 bridgehead atoms. The van der Waals surface area contributed by atoms with Gasteiger partial charge in [0.05, 0.1) is 6.10 Å². The predicted molar refractivity (Wildman–Crippen MR) is 64.1 cm³/mol. The van der Waals surface area contributed by atoms with Gasteiger partial charge in [0.25, 0.3) is 0 Å². The lowest BCUT2D eigenvalue weighted by molar-refractivity contribution is 0.156. The van der Waals surface area contributed by atoms with Crippen molar-refractivity contribution in [3.63, 3.8) is 0 Å². The molecule has 1 fully saturated rings. The zero-order chi connectivity index (χ0) is 11.1. The second kappa shape index (κ2) is 7.20. The fourth-order valence-electron chi connectivity index (χ4n) is 2.21. The summed E-state index contributed by atoms with van der Waals surface area (Å²) in [6, 6.07) is 0.774. The van der Waals surface area contributed by atoms with E-state index in [9.17, 15) is 0 Å². The molecule has 0 aliphatic carbocycles. The summed E-state index contributed by atoms with van der Waals surface area (Å²) in [4.78, 5) is 2.59. The lowest BCUT2D eigenvalue weighted by atomic mass is 10.0. The van der Waals surface area contributed by atoms with Gasteiger partial charge in [-0.3, -0.25) is 0 Å². The van der Waals surface area contributed by atoms with Crippen LogP contribution >= 0.6 is 0 Å². The van der Waals surface area contributed by atoms with Crippen LogP contribution < -0.4 is 5.32 Å². The average Bonchev–Trinajstić information content (AvgIpc) is 2.20. The number of hydrogen-bond acceptors (Lipinski definition) is 3. The highest BCUT2D eigenvalue weighted by atomic mass is 16.3.